The molecule has 0 aliphatic heterocycles. The zero-order chi connectivity index (χ0) is 43.5. The molecular formula is C50H76N2O7. The molecule has 0 heterocycles. The SMILES string of the molecule is CC(=O)O[C@H](CN(CCN(C)C)Cc1cccc(C)c1)[C@@]12CC[C@]3(C)[C@H](CC[C@@H]4[C@@]5(C)CC[C@H](OC(=O)CC(C)(C)C(=O)O)[C@H](C)[C@@H]5CC[C@]43C)C1=C(C(C)C)C(=O)C2. The Kier molecular flexibility index (Phi) is 12.9. The molecule has 59 heavy (non-hydrogen) atoms. The van der Waals surface area contributed by atoms with Crippen molar-refractivity contribution in [1.29, 1.82) is 0 Å². The number of allylic oxidation sites excluding steroid dienone is 1. The second-order valence-electron chi connectivity index (χ2n) is 21.8. The van der Waals surface area contributed by atoms with Crippen molar-refractivity contribution >= 4 is 23.7 Å². The van der Waals surface area contributed by atoms with Crippen LogP contribution in [-0.2, 0) is 35.2 Å². The molecule has 6 rings (SSSR count). The number of ketones is 1. The summed E-state index contributed by atoms with van der Waals surface area (Å²) < 4.78 is 12.7. The molecule has 4 fully saturated rings. The quantitative estimate of drug-likeness (QED) is 0.184. The first-order chi connectivity index (χ1) is 27.5. The van der Waals surface area contributed by atoms with Crippen LogP contribution in [0.4, 0.5) is 0 Å². The second-order valence-corrected chi connectivity index (χ2v) is 21.8. The molecule has 0 amide bonds. The van der Waals surface area contributed by atoms with Gasteiger partial charge in [0.1, 0.15) is 12.2 Å². The number of benzene rings is 1. The van der Waals surface area contributed by atoms with Crippen LogP contribution in [0.2, 0.25) is 0 Å². The van der Waals surface area contributed by atoms with Gasteiger partial charge in [-0.15, -0.1) is 0 Å². The summed E-state index contributed by atoms with van der Waals surface area (Å²) in [5, 5.41) is 9.63. The number of carboxylic acids is 1. The van der Waals surface area contributed by atoms with Gasteiger partial charge in [-0.3, -0.25) is 24.1 Å². The number of aryl methyl sites for hydroxylation is 1. The lowest BCUT2D eigenvalue weighted by Crippen LogP contribution is -2.65. The second kappa shape index (κ2) is 16.7. The number of Topliss-reactive ketones (excluding diaryl/α,β-unsaturated/α-hetero) is 1. The molecule has 9 heteroatoms. The number of likely N-dealkylation sites (N-methyl/N-ethyl adjacent to an activating group) is 1. The van der Waals surface area contributed by atoms with Crippen LogP contribution in [-0.4, -0.2) is 84.5 Å². The fourth-order valence-corrected chi connectivity index (χ4v) is 13.9. The van der Waals surface area contributed by atoms with Gasteiger partial charge in [0.05, 0.1) is 11.8 Å². The smallest absolute Gasteiger partial charge is 0.309 e. The van der Waals surface area contributed by atoms with E-state index in [1.54, 1.807) is 13.8 Å². The summed E-state index contributed by atoms with van der Waals surface area (Å²) in [7, 11) is 4.19. The minimum Gasteiger partial charge on any atom is -0.481 e. The van der Waals surface area contributed by atoms with Crippen LogP contribution in [0.15, 0.2) is 35.4 Å². The summed E-state index contributed by atoms with van der Waals surface area (Å²) in [5.41, 5.74) is 3.13. The van der Waals surface area contributed by atoms with E-state index in [-0.39, 0.29) is 58.3 Å². The molecule has 1 aromatic rings. The van der Waals surface area contributed by atoms with Crippen LogP contribution in [0.5, 0.6) is 0 Å². The summed E-state index contributed by atoms with van der Waals surface area (Å²) >= 11 is 0. The summed E-state index contributed by atoms with van der Waals surface area (Å²) in [4.78, 5) is 57.2. The first kappa shape index (κ1) is 45.5. The lowest BCUT2D eigenvalue weighted by molar-refractivity contribution is -0.219. The molecule has 5 aliphatic carbocycles. The molecule has 0 saturated heterocycles. The predicted octanol–water partition coefficient (Wildman–Crippen LogP) is 9.29. The Labute approximate surface area is 355 Å². The highest BCUT2D eigenvalue weighted by molar-refractivity contribution is 6.01. The predicted molar refractivity (Wildman–Crippen MR) is 231 cm³/mol. The first-order valence-corrected chi connectivity index (χ1v) is 22.8. The lowest BCUT2D eigenvalue weighted by Gasteiger charge is -2.71. The van der Waals surface area contributed by atoms with Crippen LogP contribution >= 0.6 is 0 Å². The van der Waals surface area contributed by atoms with Gasteiger partial charge in [-0.2, -0.15) is 0 Å². The van der Waals surface area contributed by atoms with E-state index in [2.05, 4.69) is 96.6 Å². The van der Waals surface area contributed by atoms with Crippen LogP contribution in [0.3, 0.4) is 0 Å². The topological polar surface area (TPSA) is 113 Å². The third kappa shape index (κ3) is 8.22. The maximum Gasteiger partial charge on any atom is 0.309 e. The summed E-state index contributed by atoms with van der Waals surface area (Å²) in [6.07, 6.45) is 7.42. The minimum atomic E-state index is -1.17. The fraction of sp³-hybridized carbons (Fsp3) is 0.760. The Bertz CT molecular complexity index is 1820. The number of aliphatic carboxylic acids is 1. The third-order valence-electron chi connectivity index (χ3n) is 17.2. The summed E-state index contributed by atoms with van der Waals surface area (Å²) in [6.45, 7) is 24.1. The van der Waals surface area contributed by atoms with E-state index < -0.39 is 28.9 Å². The Balaban J connectivity index is 1.32. The highest BCUT2D eigenvalue weighted by atomic mass is 16.5. The van der Waals surface area contributed by atoms with Gasteiger partial charge in [-0.1, -0.05) is 71.4 Å². The van der Waals surface area contributed by atoms with Crippen molar-refractivity contribution in [2.45, 2.75) is 152 Å². The average molecular weight is 817 g/mol. The van der Waals surface area contributed by atoms with Gasteiger partial charge in [-0.05, 0) is 149 Å². The van der Waals surface area contributed by atoms with E-state index in [0.29, 0.717) is 24.8 Å². The molecule has 9 nitrogen and oxygen atoms in total. The lowest BCUT2D eigenvalue weighted by atomic mass is 9.33. The van der Waals surface area contributed by atoms with E-state index in [9.17, 15) is 24.3 Å². The Hall–Kier alpha value is -3.04. The van der Waals surface area contributed by atoms with E-state index in [1.807, 2.05) is 0 Å². The molecule has 0 spiro atoms. The van der Waals surface area contributed by atoms with E-state index in [1.165, 1.54) is 23.6 Å². The molecule has 1 aromatic carbocycles. The molecule has 0 bridgehead atoms. The third-order valence-corrected chi connectivity index (χ3v) is 17.2. The normalized spacial score (nSPS) is 34.9. The standard InChI is InChI=1S/C50H76N2O7/c1-31(2)43-38(54)27-50(41(58-34(5)53)30-52(25-24-51(11)12)29-35-15-13-14-32(3)26-35)23-22-48(9)37(44(43)50)16-17-40-47(8)20-19-39(33(4)36(47)18-21-49(40,48)10)59-42(55)28-46(6,7)45(56)57/h13-15,26,31,33,36-37,39-41H,16-25,27-30H2,1-12H3,(H,56,57)/t33-,36+,37-,39+,40-,41-,47+,48-,49-,50+/m1/s1. The number of carboxylic acid groups (broad SMARTS) is 1. The monoisotopic (exact) mass is 817 g/mol. The van der Waals surface area contributed by atoms with Gasteiger partial charge < -0.3 is 19.5 Å². The van der Waals surface area contributed by atoms with Crippen molar-refractivity contribution in [2.75, 3.05) is 33.7 Å². The maximum atomic E-state index is 14.6. The number of carbonyl (C=O) groups excluding carboxylic acids is 3. The van der Waals surface area contributed by atoms with Gasteiger partial charge >= 0.3 is 17.9 Å². The highest BCUT2D eigenvalue weighted by Gasteiger charge is 2.70. The average Bonchev–Trinajstić information content (AvgIpc) is 3.44. The number of hydrogen-bond acceptors (Lipinski definition) is 8. The first-order valence-electron chi connectivity index (χ1n) is 22.8. The van der Waals surface area contributed by atoms with E-state index in [4.69, 9.17) is 9.47 Å². The molecule has 0 unspecified atom stereocenters. The van der Waals surface area contributed by atoms with Gasteiger partial charge in [0.15, 0.2) is 5.78 Å². The zero-order valence-corrected chi connectivity index (χ0v) is 38.5. The van der Waals surface area contributed by atoms with Gasteiger partial charge in [0, 0.05) is 44.9 Å². The van der Waals surface area contributed by atoms with Gasteiger partial charge in [0.2, 0.25) is 0 Å². The molecule has 5 aliphatic rings. The van der Waals surface area contributed by atoms with Crippen LogP contribution in [0, 0.1) is 63.6 Å². The number of nitrogens with zero attached hydrogens (tertiary/aromatic N) is 2. The number of hydrogen-bond donors (Lipinski definition) is 1. The number of fused-ring (bicyclic) bond motifs is 7. The number of rotatable bonds is 14. The Morgan fingerprint density at radius 1 is 0.966 bits per heavy atom. The van der Waals surface area contributed by atoms with Gasteiger partial charge in [0.25, 0.3) is 0 Å². The number of carbonyl (C=O) groups is 4. The Morgan fingerprint density at radius 3 is 2.31 bits per heavy atom. The fourth-order valence-electron chi connectivity index (χ4n) is 13.9. The molecule has 0 radical (unpaired) electrons. The van der Waals surface area contributed by atoms with E-state index >= 15 is 0 Å². The zero-order valence-electron chi connectivity index (χ0n) is 38.5. The van der Waals surface area contributed by atoms with Crippen molar-refractivity contribution in [3.8, 4) is 0 Å². The maximum absolute atomic E-state index is 14.6. The molecular weight excluding hydrogens is 741 g/mol. The molecule has 4 saturated carbocycles. The van der Waals surface area contributed by atoms with Crippen molar-refractivity contribution in [1.82, 2.24) is 9.80 Å². The van der Waals surface area contributed by atoms with Crippen LogP contribution < -0.4 is 0 Å². The molecule has 1 N–H and O–H groups in total. The van der Waals surface area contributed by atoms with E-state index in [0.717, 1.165) is 76.6 Å². The van der Waals surface area contributed by atoms with Crippen LogP contribution in [0.25, 0.3) is 0 Å². The van der Waals surface area contributed by atoms with Crippen LogP contribution in [0.1, 0.15) is 138 Å². The van der Waals surface area contributed by atoms with Crippen molar-refractivity contribution in [3.05, 3.63) is 46.5 Å². The van der Waals surface area contributed by atoms with Crippen molar-refractivity contribution in [2.24, 2.45) is 56.7 Å². The summed E-state index contributed by atoms with van der Waals surface area (Å²) in [5.74, 6) is -0.0877. The number of esters is 2. The minimum absolute atomic E-state index is 0.0304. The van der Waals surface area contributed by atoms with Crippen molar-refractivity contribution < 1.29 is 33.8 Å². The highest BCUT2D eigenvalue weighted by Crippen LogP contribution is 2.76. The molecule has 0 aromatic heterocycles. The molecule has 10 atom stereocenters. The largest absolute Gasteiger partial charge is 0.481 e. The van der Waals surface area contributed by atoms with Crippen molar-refractivity contribution in [3.63, 3.8) is 0 Å². The van der Waals surface area contributed by atoms with Gasteiger partial charge in [-0.25, -0.2) is 0 Å². The molecule has 328 valence electrons. The number of ether oxygens (including phenoxy) is 2. The Morgan fingerprint density at radius 2 is 1.68 bits per heavy atom. The summed E-state index contributed by atoms with van der Waals surface area (Å²) in [6, 6.07) is 8.66.